The first kappa shape index (κ1) is 9.60. The molecule has 0 aliphatic heterocycles. The van der Waals surface area contributed by atoms with Gasteiger partial charge < -0.3 is 4.98 Å². The van der Waals surface area contributed by atoms with Gasteiger partial charge in [0.2, 0.25) is 0 Å². The highest BCUT2D eigenvalue weighted by Crippen LogP contribution is 2.30. The molecular formula is C13H10FNS. The molecule has 3 rings (SSSR count). The first-order valence-electron chi connectivity index (χ1n) is 5.08. The van der Waals surface area contributed by atoms with Crippen LogP contribution in [0.15, 0.2) is 36.4 Å². The number of H-pyrrole nitrogens is 1. The number of fused-ring (bicyclic) bond motifs is 1. The highest BCUT2D eigenvalue weighted by Gasteiger charge is 2.07. The second kappa shape index (κ2) is 3.46. The molecule has 1 N–H and O–H groups in total. The average Bonchev–Trinajstić information content (AvgIpc) is 2.84. The SMILES string of the molecule is Cc1ccc(-c2cc3cccc(F)c3[nH]2)s1. The Morgan fingerprint density at radius 2 is 2.06 bits per heavy atom. The second-order valence-corrected chi connectivity index (χ2v) is 5.09. The van der Waals surface area contributed by atoms with E-state index >= 15 is 0 Å². The number of rotatable bonds is 1. The van der Waals surface area contributed by atoms with Crippen LogP contribution < -0.4 is 0 Å². The van der Waals surface area contributed by atoms with E-state index in [2.05, 4.69) is 24.0 Å². The fraction of sp³-hybridized carbons (Fsp3) is 0.0769. The van der Waals surface area contributed by atoms with Crippen LogP contribution in [0.5, 0.6) is 0 Å². The summed E-state index contributed by atoms with van der Waals surface area (Å²) in [6.45, 7) is 2.07. The molecule has 0 saturated heterocycles. The normalized spacial score (nSPS) is 11.1. The molecule has 1 aromatic carbocycles. The fourth-order valence-corrected chi connectivity index (χ4v) is 2.67. The second-order valence-electron chi connectivity index (χ2n) is 3.80. The van der Waals surface area contributed by atoms with Crippen molar-refractivity contribution in [3.63, 3.8) is 0 Å². The summed E-state index contributed by atoms with van der Waals surface area (Å²) in [5, 5.41) is 0.918. The Bertz CT molecular complexity index is 651. The van der Waals surface area contributed by atoms with Gasteiger partial charge in [-0.15, -0.1) is 11.3 Å². The summed E-state index contributed by atoms with van der Waals surface area (Å²) in [6, 6.07) is 11.2. The van der Waals surface area contributed by atoms with Gasteiger partial charge in [-0.25, -0.2) is 4.39 Å². The Balaban J connectivity index is 2.22. The Hall–Kier alpha value is -1.61. The van der Waals surface area contributed by atoms with Gasteiger partial charge in [0.15, 0.2) is 0 Å². The lowest BCUT2D eigenvalue weighted by atomic mass is 10.2. The van der Waals surface area contributed by atoms with Crippen molar-refractivity contribution in [2.24, 2.45) is 0 Å². The van der Waals surface area contributed by atoms with Crippen molar-refractivity contribution in [1.82, 2.24) is 4.98 Å². The van der Waals surface area contributed by atoms with Crippen LogP contribution in [-0.2, 0) is 0 Å². The monoisotopic (exact) mass is 231 g/mol. The number of hydrogen-bond acceptors (Lipinski definition) is 1. The average molecular weight is 231 g/mol. The fourth-order valence-electron chi connectivity index (χ4n) is 1.83. The minimum absolute atomic E-state index is 0.197. The lowest BCUT2D eigenvalue weighted by molar-refractivity contribution is 0.637. The maximum atomic E-state index is 13.5. The predicted molar refractivity (Wildman–Crippen MR) is 66.3 cm³/mol. The molecule has 0 fully saturated rings. The third-order valence-corrected chi connectivity index (χ3v) is 3.65. The van der Waals surface area contributed by atoms with Gasteiger partial charge in [-0.3, -0.25) is 0 Å². The Kier molecular flexibility index (Phi) is 2.07. The molecule has 0 bridgehead atoms. The molecule has 0 atom stereocenters. The molecule has 2 heterocycles. The van der Waals surface area contributed by atoms with E-state index in [0.29, 0.717) is 5.52 Å². The van der Waals surface area contributed by atoms with Gasteiger partial charge in [-0.05, 0) is 31.2 Å². The van der Waals surface area contributed by atoms with Gasteiger partial charge >= 0.3 is 0 Å². The van der Waals surface area contributed by atoms with Crippen LogP contribution in [-0.4, -0.2) is 4.98 Å². The molecule has 0 amide bonds. The zero-order chi connectivity index (χ0) is 11.1. The molecule has 3 heteroatoms. The van der Waals surface area contributed by atoms with E-state index in [-0.39, 0.29) is 5.82 Å². The quantitative estimate of drug-likeness (QED) is 0.641. The van der Waals surface area contributed by atoms with Crippen molar-refractivity contribution >= 4 is 22.2 Å². The largest absolute Gasteiger partial charge is 0.351 e. The van der Waals surface area contributed by atoms with Crippen molar-refractivity contribution in [2.75, 3.05) is 0 Å². The van der Waals surface area contributed by atoms with E-state index in [1.54, 1.807) is 17.4 Å². The highest BCUT2D eigenvalue weighted by atomic mass is 32.1. The summed E-state index contributed by atoms with van der Waals surface area (Å²) in [5.41, 5.74) is 1.57. The number of para-hydroxylation sites is 1. The van der Waals surface area contributed by atoms with Gasteiger partial charge in [-0.1, -0.05) is 12.1 Å². The molecule has 1 nitrogen and oxygen atoms in total. The van der Waals surface area contributed by atoms with Crippen molar-refractivity contribution in [2.45, 2.75) is 6.92 Å². The maximum absolute atomic E-state index is 13.5. The number of aromatic nitrogens is 1. The van der Waals surface area contributed by atoms with Crippen LogP contribution in [0, 0.1) is 12.7 Å². The molecule has 0 radical (unpaired) electrons. The van der Waals surface area contributed by atoms with Crippen LogP contribution in [0.25, 0.3) is 21.5 Å². The standard InChI is InChI=1S/C13H10FNS/c1-8-5-6-12(16-8)11-7-9-3-2-4-10(14)13(9)15-11/h2-7,15H,1H3. The molecule has 0 spiro atoms. The lowest BCUT2D eigenvalue weighted by Crippen LogP contribution is -1.75. The van der Waals surface area contributed by atoms with E-state index in [0.717, 1.165) is 16.0 Å². The van der Waals surface area contributed by atoms with Gasteiger partial charge in [0.1, 0.15) is 5.82 Å². The number of nitrogens with one attached hydrogen (secondary N) is 1. The number of hydrogen-bond donors (Lipinski definition) is 1. The number of aryl methyl sites for hydroxylation is 1. The lowest BCUT2D eigenvalue weighted by Gasteiger charge is -1.91. The Morgan fingerprint density at radius 3 is 2.75 bits per heavy atom. The predicted octanol–water partition coefficient (Wildman–Crippen LogP) is 4.34. The first-order valence-corrected chi connectivity index (χ1v) is 5.90. The number of halogens is 1. The van der Waals surface area contributed by atoms with Crippen LogP contribution in [0.2, 0.25) is 0 Å². The summed E-state index contributed by atoms with van der Waals surface area (Å²) in [7, 11) is 0. The number of thiophene rings is 1. The molecule has 0 aliphatic carbocycles. The van der Waals surface area contributed by atoms with Crippen LogP contribution in [0.3, 0.4) is 0 Å². The van der Waals surface area contributed by atoms with Gasteiger partial charge in [0, 0.05) is 10.3 Å². The minimum Gasteiger partial charge on any atom is -0.351 e. The molecule has 0 unspecified atom stereocenters. The van der Waals surface area contributed by atoms with E-state index in [1.807, 2.05) is 12.1 Å². The van der Waals surface area contributed by atoms with E-state index in [9.17, 15) is 4.39 Å². The maximum Gasteiger partial charge on any atom is 0.147 e. The van der Waals surface area contributed by atoms with Crippen LogP contribution >= 0.6 is 11.3 Å². The molecule has 16 heavy (non-hydrogen) atoms. The molecule has 0 saturated carbocycles. The van der Waals surface area contributed by atoms with Gasteiger partial charge in [0.05, 0.1) is 16.1 Å². The van der Waals surface area contributed by atoms with Crippen molar-refractivity contribution in [3.05, 3.63) is 47.1 Å². The van der Waals surface area contributed by atoms with Crippen molar-refractivity contribution < 1.29 is 4.39 Å². The zero-order valence-corrected chi connectivity index (χ0v) is 9.57. The van der Waals surface area contributed by atoms with Crippen LogP contribution in [0.4, 0.5) is 4.39 Å². The smallest absolute Gasteiger partial charge is 0.147 e. The topological polar surface area (TPSA) is 15.8 Å². The van der Waals surface area contributed by atoms with Crippen molar-refractivity contribution in [1.29, 1.82) is 0 Å². The number of benzene rings is 1. The minimum atomic E-state index is -0.197. The Labute approximate surface area is 96.6 Å². The first-order chi connectivity index (χ1) is 7.74. The summed E-state index contributed by atoms with van der Waals surface area (Å²) >= 11 is 1.71. The van der Waals surface area contributed by atoms with Crippen LogP contribution in [0.1, 0.15) is 4.88 Å². The molecular weight excluding hydrogens is 221 g/mol. The number of aromatic amines is 1. The summed E-state index contributed by atoms with van der Waals surface area (Å²) in [5.74, 6) is -0.197. The van der Waals surface area contributed by atoms with E-state index < -0.39 is 0 Å². The van der Waals surface area contributed by atoms with Gasteiger partial charge in [-0.2, -0.15) is 0 Å². The van der Waals surface area contributed by atoms with Gasteiger partial charge in [0.25, 0.3) is 0 Å². The van der Waals surface area contributed by atoms with E-state index in [4.69, 9.17) is 0 Å². The van der Waals surface area contributed by atoms with Crippen molar-refractivity contribution in [3.8, 4) is 10.6 Å². The molecule has 2 aromatic heterocycles. The zero-order valence-electron chi connectivity index (χ0n) is 8.75. The van der Waals surface area contributed by atoms with E-state index in [1.165, 1.54) is 10.9 Å². The summed E-state index contributed by atoms with van der Waals surface area (Å²) in [4.78, 5) is 5.53. The Morgan fingerprint density at radius 1 is 1.19 bits per heavy atom. The molecule has 80 valence electrons. The summed E-state index contributed by atoms with van der Waals surface area (Å²) < 4.78 is 13.5. The third kappa shape index (κ3) is 1.44. The molecule has 3 aromatic rings. The summed E-state index contributed by atoms with van der Waals surface area (Å²) in [6.07, 6.45) is 0. The third-order valence-electron chi connectivity index (χ3n) is 2.61. The molecule has 0 aliphatic rings. The highest BCUT2D eigenvalue weighted by molar-refractivity contribution is 7.15.